The van der Waals surface area contributed by atoms with E-state index in [1.54, 1.807) is 10.9 Å². The van der Waals surface area contributed by atoms with Crippen LogP contribution >= 0.6 is 15.9 Å². The highest BCUT2D eigenvalue weighted by Crippen LogP contribution is 2.53. The van der Waals surface area contributed by atoms with Crippen molar-refractivity contribution in [3.63, 3.8) is 0 Å². The Balaban J connectivity index is 1.11. The first-order valence-electron chi connectivity index (χ1n) is 11.7. The molecular weight excluding hydrogens is 484 g/mol. The minimum Gasteiger partial charge on any atom is -0.342 e. The number of piperidine rings is 2. The van der Waals surface area contributed by atoms with E-state index in [2.05, 4.69) is 21.0 Å². The molecule has 1 saturated carbocycles. The number of fused-ring (bicyclic) bond motifs is 1. The fourth-order valence-corrected chi connectivity index (χ4v) is 5.78. The van der Waals surface area contributed by atoms with Crippen LogP contribution in [0.15, 0.2) is 41.1 Å². The fourth-order valence-electron chi connectivity index (χ4n) is 5.52. The van der Waals surface area contributed by atoms with Crippen LogP contribution in [0.2, 0.25) is 0 Å². The zero-order valence-electron chi connectivity index (χ0n) is 19.0. The first-order valence-corrected chi connectivity index (χ1v) is 12.5. The molecule has 1 aromatic heterocycles. The summed E-state index contributed by atoms with van der Waals surface area (Å²) in [6.07, 6.45) is 5.08. The molecule has 3 fully saturated rings. The standard InChI is InChI=1S/C25H29BrN4O3/c1-15-11-27-30(12-15)16(2)24(32)29-13-20-21(14-29)22(20)25(33)28-9-7-18(8-10-28)23(31)17-3-5-19(26)6-4-17/h3-6,11-12,16,18,20-22H,7-10,13-14H2,1-2H3/t16?,20-,21+,22?. The summed E-state index contributed by atoms with van der Waals surface area (Å²) in [6.45, 7) is 6.43. The highest BCUT2D eigenvalue weighted by Gasteiger charge is 2.61. The predicted molar refractivity (Wildman–Crippen MR) is 127 cm³/mol. The number of carbonyl (C=O) groups excluding carboxylic acids is 3. The van der Waals surface area contributed by atoms with Gasteiger partial charge in [-0.1, -0.05) is 28.1 Å². The van der Waals surface area contributed by atoms with Gasteiger partial charge in [0, 0.05) is 54.2 Å². The molecule has 0 N–H and O–H groups in total. The van der Waals surface area contributed by atoms with Gasteiger partial charge in [-0.15, -0.1) is 0 Å². The molecule has 2 amide bonds. The number of hydrogen-bond acceptors (Lipinski definition) is 4. The van der Waals surface area contributed by atoms with Crippen LogP contribution in [0.25, 0.3) is 0 Å². The van der Waals surface area contributed by atoms with E-state index in [9.17, 15) is 14.4 Å². The number of benzene rings is 1. The number of likely N-dealkylation sites (tertiary alicyclic amines) is 2. The Morgan fingerprint density at radius 2 is 1.67 bits per heavy atom. The van der Waals surface area contributed by atoms with Crippen molar-refractivity contribution in [1.82, 2.24) is 19.6 Å². The third-order valence-electron chi connectivity index (χ3n) is 7.58. The Morgan fingerprint density at radius 3 is 2.24 bits per heavy atom. The molecular formula is C25H29BrN4O3. The van der Waals surface area contributed by atoms with E-state index in [1.165, 1.54) is 0 Å². The quantitative estimate of drug-likeness (QED) is 0.575. The third-order valence-corrected chi connectivity index (χ3v) is 8.11. The van der Waals surface area contributed by atoms with Gasteiger partial charge in [-0.05, 0) is 56.2 Å². The number of carbonyl (C=O) groups is 3. The van der Waals surface area contributed by atoms with Crippen molar-refractivity contribution < 1.29 is 14.4 Å². The monoisotopic (exact) mass is 512 g/mol. The highest BCUT2D eigenvalue weighted by molar-refractivity contribution is 9.10. The highest BCUT2D eigenvalue weighted by atomic mass is 79.9. The van der Waals surface area contributed by atoms with E-state index in [0.29, 0.717) is 39.0 Å². The smallest absolute Gasteiger partial charge is 0.247 e. The molecule has 33 heavy (non-hydrogen) atoms. The summed E-state index contributed by atoms with van der Waals surface area (Å²) in [4.78, 5) is 42.6. The maximum atomic E-state index is 13.1. The minimum absolute atomic E-state index is 0.0190. The molecule has 2 unspecified atom stereocenters. The molecule has 2 saturated heterocycles. The maximum absolute atomic E-state index is 13.1. The zero-order chi connectivity index (χ0) is 23.3. The van der Waals surface area contributed by atoms with Crippen LogP contribution in [0.1, 0.15) is 41.7 Å². The summed E-state index contributed by atoms with van der Waals surface area (Å²) in [6, 6.07) is 7.17. The van der Waals surface area contributed by atoms with E-state index in [1.807, 2.05) is 54.1 Å². The molecule has 2 aliphatic heterocycles. The number of amides is 2. The molecule has 7 nitrogen and oxygen atoms in total. The fraction of sp³-hybridized carbons (Fsp3) is 0.520. The lowest BCUT2D eigenvalue weighted by molar-refractivity contribution is -0.138. The summed E-state index contributed by atoms with van der Waals surface area (Å²) in [5.41, 5.74) is 1.77. The van der Waals surface area contributed by atoms with Crippen LogP contribution in [0.5, 0.6) is 0 Å². The van der Waals surface area contributed by atoms with Gasteiger partial charge in [0.1, 0.15) is 6.04 Å². The van der Waals surface area contributed by atoms with Crippen molar-refractivity contribution in [1.29, 1.82) is 0 Å². The Kier molecular flexibility index (Phi) is 5.89. The average Bonchev–Trinajstić information content (AvgIpc) is 3.14. The zero-order valence-corrected chi connectivity index (χ0v) is 20.6. The van der Waals surface area contributed by atoms with Crippen LogP contribution < -0.4 is 0 Å². The van der Waals surface area contributed by atoms with E-state index in [0.717, 1.165) is 15.6 Å². The predicted octanol–water partition coefficient (Wildman–Crippen LogP) is 3.34. The maximum Gasteiger partial charge on any atom is 0.247 e. The van der Waals surface area contributed by atoms with Crippen LogP contribution in [-0.2, 0) is 9.59 Å². The second-order valence-corrected chi connectivity index (χ2v) is 10.7. The number of halogens is 1. The molecule has 3 aliphatic rings. The van der Waals surface area contributed by atoms with Crippen molar-refractivity contribution >= 4 is 33.5 Å². The number of rotatable bonds is 5. The van der Waals surface area contributed by atoms with Crippen molar-refractivity contribution in [3.05, 3.63) is 52.3 Å². The molecule has 8 heteroatoms. The van der Waals surface area contributed by atoms with Gasteiger partial charge in [-0.2, -0.15) is 5.10 Å². The Morgan fingerprint density at radius 1 is 1.03 bits per heavy atom. The van der Waals surface area contributed by atoms with Crippen LogP contribution in [-0.4, -0.2) is 63.4 Å². The largest absolute Gasteiger partial charge is 0.342 e. The summed E-state index contributed by atoms with van der Waals surface area (Å²) in [5.74, 6) is 1.02. The van der Waals surface area contributed by atoms with Gasteiger partial charge in [-0.3, -0.25) is 19.1 Å². The van der Waals surface area contributed by atoms with Gasteiger partial charge in [0.2, 0.25) is 11.8 Å². The molecule has 1 aliphatic carbocycles. The van der Waals surface area contributed by atoms with Gasteiger partial charge < -0.3 is 9.80 Å². The summed E-state index contributed by atoms with van der Waals surface area (Å²) in [7, 11) is 0. The van der Waals surface area contributed by atoms with Gasteiger partial charge in [0.05, 0.1) is 6.20 Å². The molecule has 0 radical (unpaired) electrons. The van der Waals surface area contributed by atoms with Gasteiger partial charge in [-0.25, -0.2) is 0 Å². The number of Topliss-reactive ketones (excluding diaryl/α,β-unsaturated/α-hetero) is 1. The number of hydrogen-bond donors (Lipinski definition) is 0. The number of aromatic nitrogens is 2. The van der Waals surface area contributed by atoms with Crippen molar-refractivity contribution in [2.45, 2.75) is 32.7 Å². The van der Waals surface area contributed by atoms with Gasteiger partial charge in [0.25, 0.3) is 0 Å². The second kappa shape index (κ2) is 8.70. The molecule has 0 spiro atoms. The SMILES string of the molecule is Cc1cnn(C(C)C(=O)N2C[C@@H]3C(C(=O)N4CCC(C(=O)c5ccc(Br)cc5)CC4)[C@@H]3C2)c1. The van der Waals surface area contributed by atoms with Crippen molar-refractivity contribution in [2.75, 3.05) is 26.2 Å². The van der Waals surface area contributed by atoms with Gasteiger partial charge in [0.15, 0.2) is 5.78 Å². The molecule has 3 heterocycles. The Labute approximate surface area is 202 Å². The first-order chi connectivity index (χ1) is 15.8. The minimum atomic E-state index is -0.326. The summed E-state index contributed by atoms with van der Waals surface area (Å²) < 4.78 is 2.67. The summed E-state index contributed by atoms with van der Waals surface area (Å²) in [5, 5.41) is 4.27. The molecule has 2 aromatic rings. The second-order valence-electron chi connectivity index (χ2n) is 9.74. The topological polar surface area (TPSA) is 75.5 Å². The molecule has 174 valence electrons. The Bertz CT molecular complexity index is 1060. The van der Waals surface area contributed by atoms with Crippen LogP contribution in [0.4, 0.5) is 0 Å². The Hall–Kier alpha value is -2.48. The number of nitrogens with zero attached hydrogens (tertiary/aromatic N) is 4. The molecule has 0 bridgehead atoms. The molecule has 4 atom stereocenters. The van der Waals surface area contributed by atoms with E-state index >= 15 is 0 Å². The van der Waals surface area contributed by atoms with E-state index < -0.39 is 0 Å². The lowest BCUT2D eigenvalue weighted by Crippen LogP contribution is -2.43. The first kappa shape index (κ1) is 22.3. The lowest BCUT2D eigenvalue weighted by atomic mass is 9.88. The van der Waals surface area contributed by atoms with Crippen molar-refractivity contribution in [3.8, 4) is 0 Å². The van der Waals surface area contributed by atoms with Gasteiger partial charge >= 0.3 is 0 Å². The normalized spacial score (nSPS) is 25.6. The third kappa shape index (κ3) is 4.25. The van der Waals surface area contributed by atoms with Crippen molar-refractivity contribution in [2.24, 2.45) is 23.7 Å². The van der Waals surface area contributed by atoms with E-state index in [-0.39, 0.29) is 47.3 Å². The average molecular weight is 513 g/mol. The van der Waals surface area contributed by atoms with E-state index in [4.69, 9.17) is 0 Å². The number of ketones is 1. The molecule has 1 aromatic carbocycles. The van der Waals surface area contributed by atoms with Crippen LogP contribution in [0, 0.1) is 30.6 Å². The summed E-state index contributed by atoms with van der Waals surface area (Å²) >= 11 is 3.40. The molecule has 5 rings (SSSR count). The van der Waals surface area contributed by atoms with Crippen LogP contribution in [0.3, 0.4) is 0 Å². The number of aryl methyl sites for hydroxylation is 1. The lowest BCUT2D eigenvalue weighted by Gasteiger charge is -2.32.